The Morgan fingerprint density at radius 2 is 1.89 bits per heavy atom. The Bertz CT molecular complexity index is 1070. The number of esters is 1. The number of fused-ring (bicyclic) bond motifs is 1. The summed E-state index contributed by atoms with van der Waals surface area (Å²) in [7, 11) is 0. The Labute approximate surface area is 164 Å². The molecule has 1 amide bonds. The van der Waals surface area contributed by atoms with E-state index in [0.29, 0.717) is 16.1 Å². The highest BCUT2D eigenvalue weighted by atomic mass is 32.1. The first-order valence-corrected chi connectivity index (χ1v) is 9.23. The van der Waals surface area contributed by atoms with Gasteiger partial charge in [-0.3, -0.25) is 14.9 Å². The minimum atomic E-state index is -0.491. The van der Waals surface area contributed by atoms with Crippen LogP contribution in [0, 0.1) is 10.1 Å². The number of carbonyl (C=O) groups excluding carboxylic acids is 2. The third-order valence-electron chi connectivity index (χ3n) is 3.84. The van der Waals surface area contributed by atoms with Crippen molar-refractivity contribution < 1.29 is 19.2 Å². The summed E-state index contributed by atoms with van der Waals surface area (Å²) in [6.07, 6.45) is 2.84. The van der Waals surface area contributed by atoms with Crippen LogP contribution in [0.1, 0.15) is 22.8 Å². The second kappa shape index (κ2) is 8.45. The first-order chi connectivity index (χ1) is 13.5. The number of nitrogens with one attached hydrogen (secondary N) is 1. The van der Waals surface area contributed by atoms with Crippen molar-refractivity contribution >= 4 is 50.1 Å². The van der Waals surface area contributed by atoms with Crippen molar-refractivity contribution in [3.8, 4) is 0 Å². The van der Waals surface area contributed by atoms with Gasteiger partial charge in [0, 0.05) is 28.3 Å². The molecule has 8 heteroatoms. The molecule has 0 atom stereocenters. The van der Waals surface area contributed by atoms with Gasteiger partial charge in [-0.25, -0.2) is 4.79 Å². The molecule has 142 valence electrons. The van der Waals surface area contributed by atoms with Crippen molar-refractivity contribution in [2.24, 2.45) is 0 Å². The fourth-order valence-electron chi connectivity index (χ4n) is 2.57. The number of amides is 1. The number of thiophene rings is 1. The summed E-state index contributed by atoms with van der Waals surface area (Å²) in [5, 5.41) is 14.5. The number of rotatable bonds is 6. The molecule has 0 saturated heterocycles. The molecule has 28 heavy (non-hydrogen) atoms. The minimum Gasteiger partial charge on any atom is -0.462 e. The molecule has 3 rings (SSSR count). The molecule has 0 spiro atoms. The third kappa shape index (κ3) is 4.24. The summed E-state index contributed by atoms with van der Waals surface area (Å²) in [6, 6.07) is 13.2. The smallest absolute Gasteiger partial charge is 0.341 e. The molecule has 0 fully saturated rings. The van der Waals surface area contributed by atoms with Crippen molar-refractivity contribution in [3.05, 3.63) is 75.8 Å². The van der Waals surface area contributed by atoms with E-state index in [-0.39, 0.29) is 12.3 Å². The van der Waals surface area contributed by atoms with Crippen LogP contribution in [0.4, 0.5) is 10.7 Å². The summed E-state index contributed by atoms with van der Waals surface area (Å²) in [5.74, 6) is -0.912. The number of ether oxygens (including phenoxy) is 1. The molecule has 0 aliphatic carbocycles. The number of non-ortho nitro benzene ring substituents is 1. The number of nitro benzene ring substituents is 1. The molecule has 2 aromatic carbocycles. The Kier molecular flexibility index (Phi) is 5.81. The SMILES string of the molecule is CCOC(=O)c1c(NC(=O)/C=C/c2ccc([N+](=O)[O-])cc2)sc2ccccc12. The number of nitro groups is 1. The van der Waals surface area contributed by atoms with Crippen molar-refractivity contribution in [1.29, 1.82) is 0 Å². The van der Waals surface area contributed by atoms with E-state index in [1.54, 1.807) is 25.1 Å². The highest BCUT2D eigenvalue weighted by Crippen LogP contribution is 2.36. The molecule has 1 aromatic heterocycles. The predicted octanol–water partition coefficient (Wildman–Crippen LogP) is 4.64. The second-order valence-corrected chi connectivity index (χ2v) is 6.75. The Hall–Kier alpha value is -3.52. The maximum absolute atomic E-state index is 12.3. The molecule has 0 unspecified atom stereocenters. The summed E-state index contributed by atoms with van der Waals surface area (Å²) in [4.78, 5) is 34.9. The summed E-state index contributed by atoms with van der Waals surface area (Å²) in [5.41, 5.74) is 0.952. The van der Waals surface area contributed by atoms with Crippen molar-refractivity contribution in [2.75, 3.05) is 11.9 Å². The topological polar surface area (TPSA) is 98.5 Å². The van der Waals surface area contributed by atoms with Gasteiger partial charge in [-0.2, -0.15) is 0 Å². The highest BCUT2D eigenvalue weighted by molar-refractivity contribution is 7.23. The second-order valence-electron chi connectivity index (χ2n) is 5.69. The quantitative estimate of drug-likeness (QED) is 0.283. The van der Waals surface area contributed by atoms with E-state index in [1.165, 1.54) is 35.6 Å². The Balaban J connectivity index is 1.81. The summed E-state index contributed by atoms with van der Waals surface area (Å²) >= 11 is 1.29. The minimum absolute atomic E-state index is 0.0223. The van der Waals surface area contributed by atoms with Gasteiger partial charge in [0.15, 0.2) is 0 Å². The lowest BCUT2D eigenvalue weighted by Gasteiger charge is -2.05. The van der Waals surface area contributed by atoms with Gasteiger partial charge in [0.2, 0.25) is 5.91 Å². The van der Waals surface area contributed by atoms with Crippen LogP contribution < -0.4 is 5.32 Å². The Morgan fingerprint density at radius 3 is 2.57 bits per heavy atom. The number of anilines is 1. The van der Waals surface area contributed by atoms with Gasteiger partial charge in [-0.05, 0) is 36.8 Å². The van der Waals surface area contributed by atoms with E-state index in [0.717, 1.165) is 10.1 Å². The van der Waals surface area contributed by atoms with Gasteiger partial charge in [0.1, 0.15) is 10.6 Å². The molecule has 1 heterocycles. The van der Waals surface area contributed by atoms with Crippen molar-refractivity contribution in [3.63, 3.8) is 0 Å². The lowest BCUT2D eigenvalue weighted by Crippen LogP contribution is -2.12. The number of benzene rings is 2. The number of nitrogens with zero attached hydrogens (tertiary/aromatic N) is 1. The molecular weight excluding hydrogens is 380 g/mol. The van der Waals surface area contributed by atoms with Crippen LogP contribution >= 0.6 is 11.3 Å². The van der Waals surface area contributed by atoms with E-state index < -0.39 is 16.8 Å². The molecule has 3 aromatic rings. The van der Waals surface area contributed by atoms with Crippen molar-refractivity contribution in [2.45, 2.75) is 6.92 Å². The normalized spacial score (nSPS) is 10.9. The van der Waals surface area contributed by atoms with Gasteiger partial charge in [0.25, 0.3) is 5.69 Å². The number of hydrogen-bond acceptors (Lipinski definition) is 6. The maximum atomic E-state index is 12.3. The van der Waals surface area contributed by atoms with Gasteiger partial charge in [-0.1, -0.05) is 18.2 Å². The molecule has 0 saturated carbocycles. The number of carbonyl (C=O) groups is 2. The average Bonchev–Trinajstić information content (AvgIpc) is 3.04. The van der Waals surface area contributed by atoms with Crippen LogP contribution in [0.3, 0.4) is 0 Å². The predicted molar refractivity (Wildman–Crippen MR) is 109 cm³/mol. The average molecular weight is 396 g/mol. The molecule has 0 aliphatic rings. The number of hydrogen-bond donors (Lipinski definition) is 1. The monoisotopic (exact) mass is 396 g/mol. The zero-order valence-electron chi connectivity index (χ0n) is 14.9. The largest absolute Gasteiger partial charge is 0.462 e. The highest BCUT2D eigenvalue weighted by Gasteiger charge is 2.20. The lowest BCUT2D eigenvalue weighted by atomic mass is 10.1. The zero-order chi connectivity index (χ0) is 20.1. The first kappa shape index (κ1) is 19.2. The van der Waals surface area contributed by atoms with Gasteiger partial charge in [-0.15, -0.1) is 11.3 Å². The van der Waals surface area contributed by atoms with E-state index in [2.05, 4.69) is 5.32 Å². The summed E-state index contributed by atoms with van der Waals surface area (Å²) in [6.45, 7) is 1.95. The van der Waals surface area contributed by atoms with Crippen LogP contribution in [-0.2, 0) is 9.53 Å². The fraction of sp³-hybridized carbons (Fsp3) is 0.100. The lowest BCUT2D eigenvalue weighted by molar-refractivity contribution is -0.384. The van der Waals surface area contributed by atoms with E-state index in [4.69, 9.17) is 4.74 Å². The van der Waals surface area contributed by atoms with Gasteiger partial charge >= 0.3 is 5.97 Å². The first-order valence-electron chi connectivity index (χ1n) is 8.41. The molecule has 0 aliphatic heterocycles. The third-order valence-corrected chi connectivity index (χ3v) is 4.93. The molecule has 1 N–H and O–H groups in total. The van der Waals surface area contributed by atoms with Gasteiger partial charge in [0.05, 0.1) is 11.5 Å². The van der Waals surface area contributed by atoms with E-state index in [9.17, 15) is 19.7 Å². The van der Waals surface area contributed by atoms with Crippen LogP contribution in [0.25, 0.3) is 16.2 Å². The van der Waals surface area contributed by atoms with E-state index >= 15 is 0 Å². The fourth-order valence-corrected chi connectivity index (χ4v) is 3.67. The van der Waals surface area contributed by atoms with Crippen molar-refractivity contribution in [1.82, 2.24) is 0 Å². The molecular formula is C20H16N2O5S. The van der Waals surface area contributed by atoms with Crippen LogP contribution in [0.2, 0.25) is 0 Å². The molecule has 0 radical (unpaired) electrons. The molecule has 0 bridgehead atoms. The van der Waals surface area contributed by atoms with Crippen LogP contribution in [-0.4, -0.2) is 23.4 Å². The maximum Gasteiger partial charge on any atom is 0.341 e. The zero-order valence-corrected chi connectivity index (χ0v) is 15.7. The summed E-state index contributed by atoms with van der Waals surface area (Å²) < 4.78 is 5.98. The molecule has 7 nitrogen and oxygen atoms in total. The van der Waals surface area contributed by atoms with Gasteiger partial charge < -0.3 is 10.1 Å². The van der Waals surface area contributed by atoms with Crippen LogP contribution in [0.5, 0.6) is 0 Å². The van der Waals surface area contributed by atoms with Crippen LogP contribution in [0.15, 0.2) is 54.6 Å². The Morgan fingerprint density at radius 1 is 1.18 bits per heavy atom. The standard InChI is InChI=1S/C20H16N2O5S/c1-2-27-20(24)18-15-5-3-4-6-16(15)28-19(18)21-17(23)12-9-13-7-10-14(11-8-13)22(25)26/h3-12H,2H2,1H3,(H,21,23)/b12-9+. The van der Waals surface area contributed by atoms with E-state index in [1.807, 2.05) is 18.2 Å².